The van der Waals surface area contributed by atoms with E-state index in [-0.39, 0.29) is 37.3 Å². The van der Waals surface area contributed by atoms with Crippen LogP contribution >= 0.6 is 0 Å². The molecule has 1 atom stereocenters. The van der Waals surface area contributed by atoms with E-state index in [2.05, 4.69) is 5.32 Å². The van der Waals surface area contributed by atoms with Crippen molar-refractivity contribution in [2.24, 2.45) is 0 Å². The van der Waals surface area contributed by atoms with Gasteiger partial charge >= 0.3 is 0 Å². The van der Waals surface area contributed by atoms with Crippen LogP contribution in [0.3, 0.4) is 0 Å². The first-order chi connectivity index (χ1) is 11.6. The molecule has 1 saturated heterocycles. The summed E-state index contributed by atoms with van der Waals surface area (Å²) in [5.41, 5.74) is 0.684. The molecule has 3 rings (SSSR count). The van der Waals surface area contributed by atoms with Crippen molar-refractivity contribution in [1.29, 1.82) is 0 Å². The lowest BCUT2D eigenvalue weighted by Gasteiger charge is -2.31. The highest BCUT2D eigenvalue weighted by atomic mass is 16.5. The van der Waals surface area contributed by atoms with Crippen LogP contribution in [0.4, 0.5) is 5.69 Å². The van der Waals surface area contributed by atoms with E-state index in [0.29, 0.717) is 24.5 Å². The number of nitrogens with one attached hydrogen (secondary N) is 1. The molecule has 7 heteroatoms. The first-order valence-corrected chi connectivity index (χ1v) is 8.17. The third-order valence-electron chi connectivity index (χ3n) is 4.40. The number of carbonyl (C=O) groups excluding carboxylic acids is 3. The molecule has 2 aliphatic heterocycles. The van der Waals surface area contributed by atoms with Crippen LogP contribution in [0.25, 0.3) is 0 Å². The Morgan fingerprint density at radius 3 is 2.96 bits per heavy atom. The summed E-state index contributed by atoms with van der Waals surface area (Å²) >= 11 is 0. The first-order valence-electron chi connectivity index (χ1n) is 8.17. The Morgan fingerprint density at radius 2 is 2.12 bits per heavy atom. The Hall–Kier alpha value is -2.57. The second-order valence-corrected chi connectivity index (χ2v) is 5.96. The average molecular weight is 331 g/mol. The highest BCUT2D eigenvalue weighted by Crippen LogP contribution is 2.31. The standard InChI is InChI=1S/C17H21N3O4/c1-12-17(23)18-8-4-9-19(12)15(21)7-10-20-13-5-2-3-6-14(13)24-11-16(20)22/h2-3,5-6,12H,4,7-11H2,1H3,(H,18,23). The number of benzene rings is 1. The number of hydrogen-bond donors (Lipinski definition) is 1. The van der Waals surface area contributed by atoms with Crippen molar-refractivity contribution in [3.8, 4) is 5.75 Å². The van der Waals surface area contributed by atoms with E-state index < -0.39 is 6.04 Å². The molecule has 1 aromatic carbocycles. The molecule has 0 saturated carbocycles. The van der Waals surface area contributed by atoms with Crippen LogP contribution in [-0.2, 0) is 14.4 Å². The van der Waals surface area contributed by atoms with Gasteiger partial charge in [0.15, 0.2) is 6.61 Å². The summed E-state index contributed by atoms with van der Waals surface area (Å²) in [5, 5.41) is 2.79. The van der Waals surface area contributed by atoms with E-state index in [1.165, 1.54) is 0 Å². The minimum atomic E-state index is -0.479. The van der Waals surface area contributed by atoms with Crippen molar-refractivity contribution in [2.75, 3.05) is 31.1 Å². The van der Waals surface area contributed by atoms with Crippen molar-refractivity contribution in [1.82, 2.24) is 10.2 Å². The van der Waals surface area contributed by atoms with Crippen LogP contribution in [0, 0.1) is 0 Å². The van der Waals surface area contributed by atoms with Crippen molar-refractivity contribution in [3.63, 3.8) is 0 Å². The van der Waals surface area contributed by atoms with Gasteiger partial charge in [-0.2, -0.15) is 0 Å². The van der Waals surface area contributed by atoms with Crippen molar-refractivity contribution in [3.05, 3.63) is 24.3 Å². The van der Waals surface area contributed by atoms with E-state index >= 15 is 0 Å². The van der Waals surface area contributed by atoms with Gasteiger partial charge in [0.1, 0.15) is 11.8 Å². The van der Waals surface area contributed by atoms with E-state index in [1.54, 1.807) is 28.9 Å². The summed E-state index contributed by atoms with van der Waals surface area (Å²) in [6, 6.07) is 6.80. The maximum Gasteiger partial charge on any atom is 0.265 e. The molecule has 2 aliphatic rings. The van der Waals surface area contributed by atoms with Gasteiger partial charge in [0.05, 0.1) is 5.69 Å². The molecular formula is C17H21N3O4. The van der Waals surface area contributed by atoms with E-state index in [4.69, 9.17) is 4.74 Å². The fourth-order valence-corrected chi connectivity index (χ4v) is 3.03. The van der Waals surface area contributed by atoms with Gasteiger partial charge in [-0.15, -0.1) is 0 Å². The number of hydrogen-bond acceptors (Lipinski definition) is 4. The zero-order valence-electron chi connectivity index (χ0n) is 13.7. The Balaban J connectivity index is 1.68. The van der Waals surface area contributed by atoms with Gasteiger partial charge in [-0.05, 0) is 25.5 Å². The van der Waals surface area contributed by atoms with Crippen molar-refractivity contribution >= 4 is 23.4 Å². The molecule has 0 bridgehead atoms. The van der Waals surface area contributed by atoms with Crippen LogP contribution in [0.15, 0.2) is 24.3 Å². The maximum atomic E-state index is 12.5. The lowest BCUT2D eigenvalue weighted by Crippen LogP contribution is -2.47. The Bertz CT molecular complexity index is 661. The minimum Gasteiger partial charge on any atom is -0.482 e. The molecule has 1 aromatic rings. The number of fused-ring (bicyclic) bond motifs is 1. The number of para-hydroxylation sites is 2. The summed E-state index contributed by atoms with van der Waals surface area (Å²) in [7, 11) is 0. The Morgan fingerprint density at radius 1 is 1.33 bits per heavy atom. The highest BCUT2D eigenvalue weighted by molar-refractivity contribution is 5.98. The number of amides is 3. The van der Waals surface area contributed by atoms with Crippen LogP contribution in [0.2, 0.25) is 0 Å². The summed E-state index contributed by atoms with van der Waals surface area (Å²) in [5.74, 6) is 0.236. The van der Waals surface area contributed by atoms with Crippen LogP contribution in [-0.4, -0.2) is 54.9 Å². The van der Waals surface area contributed by atoms with E-state index in [0.717, 1.165) is 6.42 Å². The van der Waals surface area contributed by atoms with Gasteiger partial charge in [-0.1, -0.05) is 12.1 Å². The van der Waals surface area contributed by atoms with Crippen molar-refractivity contribution < 1.29 is 19.1 Å². The zero-order chi connectivity index (χ0) is 17.1. The normalized spacial score (nSPS) is 20.8. The topological polar surface area (TPSA) is 79.0 Å². The van der Waals surface area contributed by atoms with Crippen LogP contribution < -0.4 is 15.0 Å². The monoisotopic (exact) mass is 331 g/mol. The molecule has 2 heterocycles. The van der Waals surface area contributed by atoms with Crippen molar-refractivity contribution in [2.45, 2.75) is 25.8 Å². The minimum absolute atomic E-state index is 0.0201. The lowest BCUT2D eigenvalue weighted by molar-refractivity contribution is -0.138. The molecule has 1 fully saturated rings. The molecule has 0 aromatic heterocycles. The quantitative estimate of drug-likeness (QED) is 0.877. The number of nitrogens with zero attached hydrogens (tertiary/aromatic N) is 2. The van der Waals surface area contributed by atoms with Gasteiger partial charge in [0, 0.05) is 26.1 Å². The predicted molar refractivity (Wildman–Crippen MR) is 87.7 cm³/mol. The van der Waals surface area contributed by atoms with Gasteiger partial charge in [-0.25, -0.2) is 0 Å². The molecular weight excluding hydrogens is 310 g/mol. The SMILES string of the molecule is CC1C(=O)NCCCN1C(=O)CCN1C(=O)COc2ccccc21. The molecule has 0 radical (unpaired) electrons. The van der Waals surface area contributed by atoms with Crippen LogP contribution in [0.1, 0.15) is 19.8 Å². The fourth-order valence-electron chi connectivity index (χ4n) is 3.03. The second-order valence-electron chi connectivity index (χ2n) is 5.96. The third-order valence-corrected chi connectivity index (χ3v) is 4.40. The van der Waals surface area contributed by atoms with E-state index in [1.807, 2.05) is 12.1 Å². The third kappa shape index (κ3) is 3.20. The summed E-state index contributed by atoms with van der Waals surface area (Å²) in [6.45, 7) is 3.12. The fraction of sp³-hybridized carbons (Fsp3) is 0.471. The molecule has 1 N–H and O–H groups in total. The van der Waals surface area contributed by atoms with Gasteiger partial charge in [0.25, 0.3) is 5.91 Å². The zero-order valence-corrected chi connectivity index (χ0v) is 13.7. The Kier molecular flexibility index (Phi) is 4.69. The largest absolute Gasteiger partial charge is 0.482 e. The molecule has 0 spiro atoms. The van der Waals surface area contributed by atoms with Gasteiger partial charge in [-0.3, -0.25) is 14.4 Å². The van der Waals surface area contributed by atoms with Gasteiger partial charge in [0.2, 0.25) is 11.8 Å². The van der Waals surface area contributed by atoms with E-state index in [9.17, 15) is 14.4 Å². The summed E-state index contributed by atoms with van der Waals surface area (Å²) in [6.07, 6.45) is 0.916. The molecule has 128 valence electrons. The predicted octanol–water partition coefficient (Wildman–Crippen LogP) is 0.539. The average Bonchev–Trinajstić information content (AvgIpc) is 2.75. The summed E-state index contributed by atoms with van der Waals surface area (Å²) < 4.78 is 5.40. The lowest BCUT2D eigenvalue weighted by atomic mass is 10.2. The smallest absolute Gasteiger partial charge is 0.265 e. The van der Waals surface area contributed by atoms with Crippen LogP contribution in [0.5, 0.6) is 5.75 Å². The maximum absolute atomic E-state index is 12.5. The molecule has 0 aliphatic carbocycles. The van der Waals surface area contributed by atoms with Gasteiger partial charge < -0.3 is 19.9 Å². The molecule has 1 unspecified atom stereocenters. The number of rotatable bonds is 3. The Labute approximate surface area is 140 Å². The second kappa shape index (κ2) is 6.90. The number of carbonyl (C=O) groups is 3. The molecule has 24 heavy (non-hydrogen) atoms. The summed E-state index contributed by atoms with van der Waals surface area (Å²) in [4.78, 5) is 39.7. The number of anilines is 1. The highest BCUT2D eigenvalue weighted by Gasteiger charge is 2.30. The first kappa shape index (κ1) is 16.3. The molecule has 3 amide bonds. The molecule has 7 nitrogen and oxygen atoms in total. The number of ether oxygens (including phenoxy) is 1.